The van der Waals surface area contributed by atoms with Crippen molar-refractivity contribution in [1.29, 1.82) is 0 Å². The number of carbonyl (C=O) groups excluding carboxylic acids is 1. The van der Waals surface area contributed by atoms with Gasteiger partial charge in [0.15, 0.2) is 0 Å². The van der Waals surface area contributed by atoms with Crippen LogP contribution < -0.4 is 0 Å². The van der Waals surface area contributed by atoms with E-state index in [9.17, 15) is 4.79 Å². The summed E-state index contributed by atoms with van der Waals surface area (Å²) in [4.78, 5) is 9.98. The molecular formula is C11H24O2. The van der Waals surface area contributed by atoms with Crippen LogP contribution in [-0.4, -0.2) is 12.6 Å². The van der Waals surface area contributed by atoms with Gasteiger partial charge in [-0.05, 0) is 6.42 Å². The van der Waals surface area contributed by atoms with Gasteiger partial charge in [0, 0.05) is 6.92 Å². The smallest absolute Gasteiger partial charge is 0.302 e. The molecule has 0 unspecified atom stereocenters. The SMILES string of the molecule is CCCCCC.CCCOC(C)=O. The van der Waals surface area contributed by atoms with Gasteiger partial charge in [-0.1, -0.05) is 46.5 Å². The highest BCUT2D eigenvalue weighted by molar-refractivity contribution is 5.65. The van der Waals surface area contributed by atoms with Gasteiger partial charge >= 0.3 is 5.97 Å². The molecule has 0 aliphatic carbocycles. The first kappa shape index (κ1) is 15.0. The number of unbranched alkanes of at least 4 members (excludes halogenated alkanes) is 3. The van der Waals surface area contributed by atoms with Gasteiger partial charge in [0.05, 0.1) is 6.61 Å². The van der Waals surface area contributed by atoms with Crippen molar-refractivity contribution in [1.82, 2.24) is 0 Å². The Labute approximate surface area is 82.7 Å². The second kappa shape index (κ2) is 14.0. The zero-order valence-corrected chi connectivity index (χ0v) is 9.56. The van der Waals surface area contributed by atoms with Crippen molar-refractivity contribution in [3.63, 3.8) is 0 Å². The normalized spacial score (nSPS) is 8.62. The van der Waals surface area contributed by atoms with E-state index in [1.807, 2.05) is 6.92 Å². The number of rotatable bonds is 5. The van der Waals surface area contributed by atoms with Gasteiger partial charge in [-0.25, -0.2) is 0 Å². The molecule has 0 heterocycles. The largest absolute Gasteiger partial charge is 0.466 e. The van der Waals surface area contributed by atoms with E-state index in [0.717, 1.165) is 6.42 Å². The lowest BCUT2D eigenvalue weighted by atomic mass is 10.2. The summed E-state index contributed by atoms with van der Waals surface area (Å²) in [5.41, 5.74) is 0. The maximum atomic E-state index is 9.98. The Morgan fingerprint density at radius 1 is 1.00 bits per heavy atom. The Balaban J connectivity index is 0. The van der Waals surface area contributed by atoms with Crippen LogP contribution in [0.5, 0.6) is 0 Å². The summed E-state index contributed by atoms with van der Waals surface area (Å²) in [6, 6.07) is 0. The predicted molar refractivity (Wildman–Crippen MR) is 56.7 cm³/mol. The minimum Gasteiger partial charge on any atom is -0.466 e. The van der Waals surface area contributed by atoms with Crippen LogP contribution in [0.3, 0.4) is 0 Å². The second-order valence-electron chi connectivity index (χ2n) is 3.05. The highest BCUT2D eigenvalue weighted by Gasteiger charge is 1.85. The number of hydrogen-bond acceptors (Lipinski definition) is 2. The monoisotopic (exact) mass is 188 g/mol. The predicted octanol–water partition coefficient (Wildman–Crippen LogP) is 3.55. The standard InChI is InChI=1S/C6H14.C5H10O2/c1-3-5-6-4-2;1-3-4-7-5(2)6/h3-6H2,1-2H3;3-4H2,1-2H3. The number of carbonyl (C=O) groups is 1. The van der Waals surface area contributed by atoms with Gasteiger partial charge in [0.2, 0.25) is 0 Å². The second-order valence-corrected chi connectivity index (χ2v) is 3.05. The molecule has 0 aromatic carbocycles. The molecular weight excluding hydrogens is 164 g/mol. The van der Waals surface area contributed by atoms with Gasteiger partial charge < -0.3 is 4.74 Å². The van der Waals surface area contributed by atoms with E-state index >= 15 is 0 Å². The molecule has 0 fully saturated rings. The quantitative estimate of drug-likeness (QED) is 0.487. The van der Waals surface area contributed by atoms with E-state index in [1.54, 1.807) is 0 Å². The van der Waals surface area contributed by atoms with E-state index in [0.29, 0.717) is 6.61 Å². The summed E-state index contributed by atoms with van der Waals surface area (Å²) in [7, 11) is 0. The molecule has 0 rings (SSSR count). The minimum atomic E-state index is -0.193. The Morgan fingerprint density at radius 2 is 1.46 bits per heavy atom. The molecule has 0 atom stereocenters. The van der Waals surface area contributed by atoms with Crippen LogP contribution in [0.1, 0.15) is 59.8 Å². The molecule has 0 aliphatic rings. The summed E-state index contributed by atoms with van der Waals surface area (Å²) >= 11 is 0. The maximum absolute atomic E-state index is 9.98. The van der Waals surface area contributed by atoms with Crippen LogP contribution in [0.25, 0.3) is 0 Å². The van der Waals surface area contributed by atoms with Crippen molar-refractivity contribution in [2.24, 2.45) is 0 Å². The average Bonchev–Trinajstić information content (AvgIpc) is 2.12. The fraction of sp³-hybridized carbons (Fsp3) is 0.909. The first-order valence-electron chi connectivity index (χ1n) is 5.32. The lowest BCUT2D eigenvalue weighted by Gasteiger charge is -1.93. The summed E-state index contributed by atoms with van der Waals surface area (Å²) in [6.07, 6.45) is 6.44. The topological polar surface area (TPSA) is 26.3 Å². The molecule has 0 saturated heterocycles. The molecule has 0 radical (unpaired) electrons. The third-order valence-corrected chi connectivity index (χ3v) is 1.47. The number of ether oxygens (including phenoxy) is 1. The minimum absolute atomic E-state index is 0.193. The number of hydrogen-bond donors (Lipinski definition) is 0. The Bertz CT molecular complexity index is 96.3. The molecule has 0 aromatic heterocycles. The molecule has 0 saturated carbocycles. The summed E-state index contributed by atoms with van der Waals surface area (Å²) in [5, 5.41) is 0. The number of esters is 1. The Hall–Kier alpha value is -0.530. The van der Waals surface area contributed by atoms with E-state index < -0.39 is 0 Å². The average molecular weight is 188 g/mol. The highest BCUT2D eigenvalue weighted by atomic mass is 16.5. The summed E-state index contributed by atoms with van der Waals surface area (Å²) in [6.45, 7) is 8.39. The lowest BCUT2D eigenvalue weighted by Crippen LogP contribution is -1.98. The van der Waals surface area contributed by atoms with Gasteiger partial charge in [-0.3, -0.25) is 4.79 Å². The van der Waals surface area contributed by atoms with Crippen LogP contribution in [0.4, 0.5) is 0 Å². The molecule has 2 nitrogen and oxygen atoms in total. The van der Waals surface area contributed by atoms with Crippen LogP contribution >= 0.6 is 0 Å². The van der Waals surface area contributed by atoms with Crippen LogP contribution in [-0.2, 0) is 9.53 Å². The third-order valence-electron chi connectivity index (χ3n) is 1.47. The van der Waals surface area contributed by atoms with Crippen LogP contribution in [0, 0.1) is 0 Å². The van der Waals surface area contributed by atoms with E-state index in [2.05, 4.69) is 18.6 Å². The van der Waals surface area contributed by atoms with Crippen LogP contribution in [0.15, 0.2) is 0 Å². The third kappa shape index (κ3) is 24.6. The van der Waals surface area contributed by atoms with E-state index in [1.165, 1.54) is 32.6 Å². The molecule has 80 valence electrons. The zero-order valence-electron chi connectivity index (χ0n) is 9.56. The molecule has 0 aromatic rings. The van der Waals surface area contributed by atoms with Crippen molar-refractivity contribution >= 4 is 5.97 Å². The summed E-state index contributed by atoms with van der Waals surface area (Å²) in [5.74, 6) is -0.193. The van der Waals surface area contributed by atoms with Gasteiger partial charge in [0.25, 0.3) is 0 Å². The Kier molecular flexibility index (Phi) is 16.1. The van der Waals surface area contributed by atoms with Crippen molar-refractivity contribution in [3.05, 3.63) is 0 Å². The zero-order chi connectivity index (χ0) is 10.5. The van der Waals surface area contributed by atoms with E-state index in [4.69, 9.17) is 0 Å². The van der Waals surface area contributed by atoms with Crippen molar-refractivity contribution in [3.8, 4) is 0 Å². The molecule has 0 amide bonds. The first-order chi connectivity index (χ1) is 6.18. The van der Waals surface area contributed by atoms with Crippen molar-refractivity contribution < 1.29 is 9.53 Å². The Morgan fingerprint density at radius 3 is 1.62 bits per heavy atom. The molecule has 2 heteroatoms. The van der Waals surface area contributed by atoms with Gasteiger partial charge in [-0.2, -0.15) is 0 Å². The fourth-order valence-electron chi connectivity index (χ4n) is 0.746. The molecule has 0 N–H and O–H groups in total. The van der Waals surface area contributed by atoms with Crippen LogP contribution in [0.2, 0.25) is 0 Å². The molecule has 13 heavy (non-hydrogen) atoms. The molecule has 0 aliphatic heterocycles. The molecule has 0 bridgehead atoms. The van der Waals surface area contributed by atoms with E-state index in [-0.39, 0.29) is 5.97 Å². The molecule has 0 spiro atoms. The first-order valence-corrected chi connectivity index (χ1v) is 5.32. The highest BCUT2D eigenvalue weighted by Crippen LogP contribution is 1.95. The van der Waals surface area contributed by atoms with Crippen molar-refractivity contribution in [2.75, 3.05) is 6.61 Å². The fourth-order valence-corrected chi connectivity index (χ4v) is 0.746. The van der Waals surface area contributed by atoms with Gasteiger partial charge in [-0.15, -0.1) is 0 Å². The summed E-state index contributed by atoms with van der Waals surface area (Å²) < 4.78 is 4.55. The lowest BCUT2D eigenvalue weighted by molar-refractivity contribution is -0.140. The van der Waals surface area contributed by atoms with Gasteiger partial charge in [0.1, 0.15) is 0 Å². The van der Waals surface area contributed by atoms with Crippen molar-refractivity contribution in [2.45, 2.75) is 59.8 Å². The maximum Gasteiger partial charge on any atom is 0.302 e.